The molecule has 1 heterocycles. The number of nitrogens with one attached hydrogen (secondary N) is 1. The Morgan fingerprint density at radius 3 is 2.82 bits per heavy atom. The Balaban J connectivity index is 1.62. The number of thiazole rings is 1. The van der Waals surface area contributed by atoms with Crippen molar-refractivity contribution in [3.05, 3.63) is 40.9 Å². The molecular formula is C16H20N2O2S2. The van der Waals surface area contributed by atoms with Crippen LogP contribution in [0.4, 0.5) is 0 Å². The average Bonchev–Trinajstić information content (AvgIpc) is 2.99. The molecule has 1 N–H and O–H groups in total. The van der Waals surface area contributed by atoms with Crippen LogP contribution in [0.15, 0.2) is 34.1 Å². The summed E-state index contributed by atoms with van der Waals surface area (Å²) in [7, 11) is 0. The van der Waals surface area contributed by atoms with Gasteiger partial charge in [-0.25, -0.2) is 4.98 Å². The van der Waals surface area contributed by atoms with Gasteiger partial charge in [0, 0.05) is 23.9 Å². The van der Waals surface area contributed by atoms with Crippen LogP contribution in [0.25, 0.3) is 0 Å². The summed E-state index contributed by atoms with van der Waals surface area (Å²) in [5.41, 5.74) is 2.10. The van der Waals surface area contributed by atoms with Crippen molar-refractivity contribution in [3.8, 4) is 5.75 Å². The van der Waals surface area contributed by atoms with E-state index in [2.05, 4.69) is 10.3 Å². The summed E-state index contributed by atoms with van der Waals surface area (Å²) >= 11 is 3.36. The monoisotopic (exact) mass is 336 g/mol. The molecular weight excluding hydrogens is 316 g/mol. The number of hydrogen-bond acceptors (Lipinski definition) is 5. The highest BCUT2D eigenvalue weighted by molar-refractivity contribution is 8.00. The molecule has 0 saturated heterocycles. The van der Waals surface area contributed by atoms with Crippen LogP contribution in [-0.2, 0) is 4.79 Å². The highest BCUT2D eigenvalue weighted by atomic mass is 32.2. The summed E-state index contributed by atoms with van der Waals surface area (Å²) in [5, 5.41) is 4.84. The summed E-state index contributed by atoms with van der Waals surface area (Å²) in [4.78, 5) is 16.0. The third kappa shape index (κ3) is 5.35. The van der Waals surface area contributed by atoms with E-state index < -0.39 is 0 Å². The minimum absolute atomic E-state index is 0.0608. The van der Waals surface area contributed by atoms with Crippen LogP contribution in [0.2, 0.25) is 0 Å². The van der Waals surface area contributed by atoms with Gasteiger partial charge in [0.2, 0.25) is 0 Å². The molecule has 0 atom stereocenters. The zero-order valence-corrected chi connectivity index (χ0v) is 14.4. The Morgan fingerprint density at radius 1 is 1.36 bits per heavy atom. The van der Waals surface area contributed by atoms with E-state index in [1.165, 1.54) is 0 Å². The van der Waals surface area contributed by atoms with Gasteiger partial charge in [-0.1, -0.05) is 30.0 Å². The SMILES string of the molecule is Cc1cccc(C)c1OCC(=O)NCCCSc1nccs1. The number of aromatic nitrogens is 1. The first-order valence-electron chi connectivity index (χ1n) is 7.15. The average molecular weight is 336 g/mol. The van der Waals surface area contributed by atoms with Gasteiger partial charge in [-0.15, -0.1) is 11.3 Å². The van der Waals surface area contributed by atoms with Crippen molar-refractivity contribution in [3.63, 3.8) is 0 Å². The predicted molar refractivity (Wildman–Crippen MR) is 91.9 cm³/mol. The summed E-state index contributed by atoms with van der Waals surface area (Å²) in [6.45, 7) is 4.69. The first-order chi connectivity index (χ1) is 10.7. The van der Waals surface area contributed by atoms with Crippen LogP contribution in [0.5, 0.6) is 5.75 Å². The van der Waals surface area contributed by atoms with Crippen molar-refractivity contribution < 1.29 is 9.53 Å². The van der Waals surface area contributed by atoms with Gasteiger partial charge in [0.15, 0.2) is 6.61 Å². The number of nitrogens with zero attached hydrogens (tertiary/aromatic N) is 1. The topological polar surface area (TPSA) is 51.2 Å². The Kier molecular flexibility index (Phi) is 6.74. The number of aryl methyl sites for hydroxylation is 2. The Labute approximate surface area is 139 Å². The molecule has 0 spiro atoms. The number of rotatable bonds is 8. The van der Waals surface area contributed by atoms with E-state index in [1.807, 2.05) is 37.4 Å². The number of thioether (sulfide) groups is 1. The quantitative estimate of drug-likeness (QED) is 0.593. The molecule has 118 valence electrons. The molecule has 2 aromatic rings. The van der Waals surface area contributed by atoms with E-state index in [9.17, 15) is 4.79 Å². The summed E-state index contributed by atoms with van der Waals surface area (Å²) in [6.07, 6.45) is 2.72. The fourth-order valence-corrected chi connectivity index (χ4v) is 3.60. The fraction of sp³-hybridized carbons (Fsp3) is 0.375. The van der Waals surface area contributed by atoms with Crippen molar-refractivity contribution >= 4 is 29.0 Å². The zero-order chi connectivity index (χ0) is 15.8. The second-order valence-corrected chi connectivity index (χ2v) is 7.10. The largest absolute Gasteiger partial charge is 0.483 e. The molecule has 1 aromatic heterocycles. The fourth-order valence-electron chi connectivity index (χ4n) is 1.96. The van der Waals surface area contributed by atoms with Crippen molar-refractivity contribution in [1.29, 1.82) is 0 Å². The smallest absolute Gasteiger partial charge is 0.257 e. The molecule has 6 heteroatoms. The molecule has 4 nitrogen and oxygen atoms in total. The van der Waals surface area contributed by atoms with Crippen LogP contribution in [-0.4, -0.2) is 29.8 Å². The van der Waals surface area contributed by atoms with Gasteiger partial charge in [0.05, 0.1) is 0 Å². The van der Waals surface area contributed by atoms with E-state index in [-0.39, 0.29) is 12.5 Å². The van der Waals surface area contributed by atoms with Gasteiger partial charge >= 0.3 is 0 Å². The van der Waals surface area contributed by atoms with Gasteiger partial charge in [0.1, 0.15) is 10.1 Å². The van der Waals surface area contributed by atoms with E-state index >= 15 is 0 Å². The molecule has 0 aliphatic heterocycles. The van der Waals surface area contributed by atoms with Crippen LogP contribution >= 0.6 is 23.1 Å². The van der Waals surface area contributed by atoms with Crippen molar-refractivity contribution in [1.82, 2.24) is 10.3 Å². The second-order valence-electron chi connectivity index (χ2n) is 4.86. The molecule has 0 aliphatic rings. The van der Waals surface area contributed by atoms with E-state index in [0.717, 1.165) is 33.4 Å². The Hall–Kier alpha value is -1.53. The Morgan fingerprint density at radius 2 is 2.14 bits per heavy atom. The standard InChI is InChI=1S/C16H20N2O2S2/c1-12-5-3-6-13(2)15(12)20-11-14(19)17-7-4-9-21-16-18-8-10-22-16/h3,5-6,8,10H,4,7,9,11H2,1-2H3,(H,17,19). The number of para-hydroxylation sites is 1. The first-order valence-corrected chi connectivity index (χ1v) is 9.01. The lowest BCUT2D eigenvalue weighted by Gasteiger charge is -2.11. The predicted octanol–water partition coefficient (Wildman–Crippen LogP) is 3.44. The number of carbonyl (C=O) groups is 1. The van der Waals surface area contributed by atoms with E-state index in [0.29, 0.717) is 6.54 Å². The lowest BCUT2D eigenvalue weighted by molar-refractivity contribution is -0.123. The molecule has 0 aliphatic carbocycles. The number of benzene rings is 1. The van der Waals surface area contributed by atoms with Crippen LogP contribution in [0.1, 0.15) is 17.5 Å². The van der Waals surface area contributed by atoms with Gasteiger partial charge < -0.3 is 10.1 Å². The van der Waals surface area contributed by atoms with E-state index in [4.69, 9.17) is 4.74 Å². The third-order valence-electron chi connectivity index (χ3n) is 3.03. The first kappa shape index (κ1) is 16.8. The molecule has 1 aromatic carbocycles. The number of amides is 1. The second kappa shape index (κ2) is 8.80. The maximum Gasteiger partial charge on any atom is 0.257 e. The molecule has 0 fully saturated rings. The summed E-state index contributed by atoms with van der Waals surface area (Å²) < 4.78 is 6.69. The van der Waals surface area contributed by atoms with Crippen molar-refractivity contribution in [2.45, 2.75) is 24.6 Å². The molecule has 0 saturated carbocycles. The molecule has 0 bridgehead atoms. The van der Waals surface area contributed by atoms with Gasteiger partial charge in [0.25, 0.3) is 5.91 Å². The highest BCUT2D eigenvalue weighted by Crippen LogP contribution is 2.22. The highest BCUT2D eigenvalue weighted by Gasteiger charge is 2.06. The molecule has 0 radical (unpaired) electrons. The zero-order valence-electron chi connectivity index (χ0n) is 12.8. The van der Waals surface area contributed by atoms with Gasteiger partial charge in [-0.05, 0) is 31.4 Å². The number of ether oxygens (including phenoxy) is 1. The number of hydrogen-bond donors (Lipinski definition) is 1. The molecule has 1 amide bonds. The molecule has 22 heavy (non-hydrogen) atoms. The van der Waals surface area contributed by atoms with E-state index in [1.54, 1.807) is 29.3 Å². The maximum absolute atomic E-state index is 11.8. The van der Waals surface area contributed by atoms with Crippen molar-refractivity contribution in [2.24, 2.45) is 0 Å². The molecule has 0 unspecified atom stereocenters. The van der Waals surface area contributed by atoms with Crippen LogP contribution in [0.3, 0.4) is 0 Å². The minimum Gasteiger partial charge on any atom is -0.483 e. The Bertz CT molecular complexity index is 580. The maximum atomic E-state index is 11.8. The lowest BCUT2D eigenvalue weighted by atomic mass is 10.1. The lowest BCUT2D eigenvalue weighted by Crippen LogP contribution is -2.30. The van der Waals surface area contributed by atoms with Crippen molar-refractivity contribution in [2.75, 3.05) is 18.9 Å². The van der Waals surface area contributed by atoms with Gasteiger partial charge in [-0.3, -0.25) is 4.79 Å². The number of carbonyl (C=O) groups excluding carboxylic acids is 1. The molecule has 2 rings (SSSR count). The summed E-state index contributed by atoms with van der Waals surface area (Å²) in [5.74, 6) is 1.67. The van der Waals surface area contributed by atoms with Crippen LogP contribution in [0, 0.1) is 13.8 Å². The van der Waals surface area contributed by atoms with Gasteiger partial charge in [-0.2, -0.15) is 0 Å². The normalized spacial score (nSPS) is 10.5. The minimum atomic E-state index is -0.0816. The summed E-state index contributed by atoms with van der Waals surface area (Å²) in [6, 6.07) is 5.95. The third-order valence-corrected chi connectivity index (χ3v) is 5.09. The van der Waals surface area contributed by atoms with Crippen LogP contribution < -0.4 is 10.1 Å².